The molecule has 0 saturated carbocycles. The first-order valence-electron chi connectivity index (χ1n) is 6.50. The Balaban J connectivity index is 1.85. The van der Waals surface area contributed by atoms with Crippen molar-refractivity contribution in [1.82, 2.24) is 4.98 Å². The molecule has 1 N–H and O–H groups in total. The number of carbonyl (C=O) groups is 1. The van der Waals surface area contributed by atoms with E-state index in [4.69, 9.17) is 4.42 Å². The molecule has 21 heavy (non-hydrogen) atoms. The van der Waals surface area contributed by atoms with Crippen LogP contribution in [0.2, 0.25) is 0 Å². The lowest BCUT2D eigenvalue weighted by atomic mass is 10.2. The monoisotopic (exact) mass is 298 g/mol. The summed E-state index contributed by atoms with van der Waals surface area (Å²) in [5.41, 5.74) is 1.45. The Labute approximate surface area is 126 Å². The zero-order valence-corrected chi connectivity index (χ0v) is 12.3. The van der Waals surface area contributed by atoms with Crippen molar-refractivity contribution in [2.75, 3.05) is 11.6 Å². The quantitative estimate of drug-likeness (QED) is 0.792. The number of hydrogen-bond acceptors (Lipinski definition) is 4. The molecule has 0 aliphatic carbocycles. The predicted molar refractivity (Wildman–Crippen MR) is 85.6 cm³/mol. The summed E-state index contributed by atoms with van der Waals surface area (Å²) in [5.74, 6) is 1.60. The maximum absolute atomic E-state index is 12.2. The maximum atomic E-state index is 12.2. The van der Waals surface area contributed by atoms with Crippen LogP contribution in [-0.2, 0) is 5.75 Å². The fourth-order valence-electron chi connectivity index (χ4n) is 2.11. The minimum Gasteiger partial charge on any atom is -0.455 e. The third kappa shape index (κ3) is 2.92. The van der Waals surface area contributed by atoms with Crippen molar-refractivity contribution in [1.29, 1.82) is 0 Å². The Morgan fingerprint density at radius 1 is 1.24 bits per heavy atom. The van der Waals surface area contributed by atoms with Crippen molar-refractivity contribution >= 4 is 34.3 Å². The number of furan rings is 1. The first-order chi connectivity index (χ1) is 10.3. The van der Waals surface area contributed by atoms with Crippen LogP contribution >= 0.6 is 11.8 Å². The van der Waals surface area contributed by atoms with Crippen molar-refractivity contribution in [3.05, 3.63) is 60.2 Å². The van der Waals surface area contributed by atoms with E-state index < -0.39 is 0 Å². The molecule has 0 fully saturated rings. The van der Waals surface area contributed by atoms with Gasteiger partial charge in [0.05, 0.1) is 17.0 Å². The standard InChI is InChI=1S/C16H14N2O2S/c1-21-10-12-7-8-14(20-12)16(19)18-13-6-2-4-11-5-3-9-17-15(11)13/h2-9H,10H2,1H3,(H,18,19). The molecule has 2 aromatic heterocycles. The van der Waals surface area contributed by atoms with E-state index in [-0.39, 0.29) is 5.91 Å². The Morgan fingerprint density at radius 3 is 2.95 bits per heavy atom. The van der Waals surface area contributed by atoms with Crippen molar-refractivity contribution in [3.63, 3.8) is 0 Å². The number of pyridine rings is 1. The number of thioether (sulfide) groups is 1. The zero-order chi connectivity index (χ0) is 14.7. The van der Waals surface area contributed by atoms with Crippen LogP contribution in [0.4, 0.5) is 5.69 Å². The van der Waals surface area contributed by atoms with Gasteiger partial charge in [0, 0.05) is 11.6 Å². The highest BCUT2D eigenvalue weighted by molar-refractivity contribution is 7.97. The molecular weight excluding hydrogens is 284 g/mol. The highest BCUT2D eigenvalue weighted by Gasteiger charge is 2.13. The van der Waals surface area contributed by atoms with Crippen molar-refractivity contribution in [3.8, 4) is 0 Å². The lowest BCUT2D eigenvalue weighted by Gasteiger charge is -2.06. The summed E-state index contributed by atoms with van der Waals surface area (Å²) in [7, 11) is 0. The smallest absolute Gasteiger partial charge is 0.291 e. The Morgan fingerprint density at radius 2 is 2.10 bits per heavy atom. The lowest BCUT2D eigenvalue weighted by molar-refractivity contribution is 0.0995. The molecule has 0 spiro atoms. The minimum atomic E-state index is -0.263. The van der Waals surface area contributed by atoms with Gasteiger partial charge in [0.1, 0.15) is 5.76 Å². The second-order valence-electron chi connectivity index (χ2n) is 4.53. The number of nitrogens with one attached hydrogen (secondary N) is 1. The van der Waals surface area contributed by atoms with Crippen LogP contribution in [0.1, 0.15) is 16.3 Å². The van der Waals surface area contributed by atoms with Gasteiger partial charge < -0.3 is 9.73 Å². The molecule has 1 aromatic carbocycles. The van der Waals surface area contributed by atoms with E-state index in [1.54, 1.807) is 24.0 Å². The molecule has 2 heterocycles. The Bertz CT molecular complexity index is 777. The SMILES string of the molecule is CSCc1ccc(C(=O)Nc2cccc3cccnc23)o1. The average molecular weight is 298 g/mol. The summed E-state index contributed by atoms with van der Waals surface area (Å²) < 4.78 is 5.52. The van der Waals surface area contributed by atoms with E-state index in [0.717, 1.165) is 22.4 Å². The minimum absolute atomic E-state index is 0.263. The largest absolute Gasteiger partial charge is 0.455 e. The fourth-order valence-corrected chi connectivity index (χ4v) is 2.55. The van der Waals surface area contributed by atoms with E-state index in [1.807, 2.05) is 42.7 Å². The van der Waals surface area contributed by atoms with Gasteiger partial charge in [-0.05, 0) is 30.5 Å². The maximum Gasteiger partial charge on any atom is 0.291 e. The second-order valence-corrected chi connectivity index (χ2v) is 5.40. The van der Waals surface area contributed by atoms with Crippen molar-refractivity contribution in [2.24, 2.45) is 0 Å². The summed E-state index contributed by atoms with van der Waals surface area (Å²) in [5, 5.41) is 3.84. The molecule has 5 heteroatoms. The predicted octanol–water partition coefficient (Wildman–Crippen LogP) is 3.94. The zero-order valence-electron chi connectivity index (χ0n) is 11.5. The fraction of sp³-hybridized carbons (Fsp3) is 0.125. The third-order valence-corrected chi connectivity index (χ3v) is 3.63. The molecule has 0 bridgehead atoms. The van der Waals surface area contributed by atoms with Crippen LogP contribution in [0.15, 0.2) is 53.1 Å². The van der Waals surface area contributed by atoms with Gasteiger partial charge in [-0.1, -0.05) is 18.2 Å². The van der Waals surface area contributed by atoms with E-state index >= 15 is 0 Å². The topological polar surface area (TPSA) is 55.1 Å². The van der Waals surface area contributed by atoms with E-state index in [2.05, 4.69) is 10.3 Å². The average Bonchev–Trinajstić information content (AvgIpc) is 2.97. The van der Waals surface area contributed by atoms with E-state index in [1.165, 1.54) is 0 Å². The summed E-state index contributed by atoms with van der Waals surface area (Å²) in [4.78, 5) is 16.5. The van der Waals surface area contributed by atoms with Crippen LogP contribution in [0.25, 0.3) is 10.9 Å². The molecule has 0 unspecified atom stereocenters. The highest BCUT2D eigenvalue weighted by Crippen LogP contribution is 2.22. The summed E-state index contributed by atoms with van der Waals surface area (Å²) >= 11 is 1.65. The molecule has 0 radical (unpaired) electrons. The van der Waals surface area contributed by atoms with Gasteiger partial charge in [0.15, 0.2) is 5.76 Å². The molecule has 3 rings (SSSR count). The molecule has 0 aliphatic heterocycles. The summed E-state index contributed by atoms with van der Waals surface area (Å²) in [6.07, 6.45) is 3.70. The van der Waals surface area contributed by atoms with Crippen LogP contribution in [0.3, 0.4) is 0 Å². The second kappa shape index (κ2) is 6.01. The Hall–Kier alpha value is -2.27. The van der Waals surface area contributed by atoms with Crippen LogP contribution in [0.5, 0.6) is 0 Å². The number of carbonyl (C=O) groups excluding carboxylic acids is 1. The normalized spacial score (nSPS) is 10.7. The molecule has 0 atom stereocenters. The van der Waals surface area contributed by atoms with Gasteiger partial charge in [-0.25, -0.2) is 0 Å². The van der Waals surface area contributed by atoms with Gasteiger partial charge in [0.2, 0.25) is 0 Å². The van der Waals surface area contributed by atoms with Gasteiger partial charge in [-0.2, -0.15) is 11.8 Å². The molecule has 3 aromatic rings. The first kappa shape index (κ1) is 13.7. The molecule has 1 amide bonds. The summed E-state index contributed by atoms with van der Waals surface area (Å²) in [6.45, 7) is 0. The van der Waals surface area contributed by atoms with Crippen LogP contribution in [0, 0.1) is 0 Å². The first-order valence-corrected chi connectivity index (χ1v) is 7.90. The molecule has 4 nitrogen and oxygen atoms in total. The number of anilines is 1. The van der Waals surface area contributed by atoms with Gasteiger partial charge >= 0.3 is 0 Å². The molecule has 106 valence electrons. The lowest BCUT2D eigenvalue weighted by Crippen LogP contribution is -2.11. The number of hydrogen-bond donors (Lipinski definition) is 1. The van der Waals surface area contributed by atoms with Gasteiger partial charge in [-0.15, -0.1) is 0 Å². The van der Waals surface area contributed by atoms with Gasteiger partial charge in [0.25, 0.3) is 5.91 Å². The number of nitrogens with zero attached hydrogens (tertiary/aromatic N) is 1. The number of rotatable bonds is 4. The summed E-state index contributed by atoms with van der Waals surface area (Å²) in [6, 6.07) is 13.0. The number of benzene rings is 1. The van der Waals surface area contributed by atoms with Crippen molar-refractivity contribution in [2.45, 2.75) is 5.75 Å². The van der Waals surface area contributed by atoms with Crippen LogP contribution < -0.4 is 5.32 Å². The number of amides is 1. The van der Waals surface area contributed by atoms with E-state index in [0.29, 0.717) is 11.4 Å². The van der Waals surface area contributed by atoms with Crippen LogP contribution in [-0.4, -0.2) is 17.1 Å². The van der Waals surface area contributed by atoms with Gasteiger partial charge in [-0.3, -0.25) is 9.78 Å². The highest BCUT2D eigenvalue weighted by atomic mass is 32.2. The number of fused-ring (bicyclic) bond motifs is 1. The Kier molecular flexibility index (Phi) is 3.92. The third-order valence-electron chi connectivity index (χ3n) is 3.05. The molecule has 0 aliphatic rings. The molecule has 0 saturated heterocycles. The number of para-hydroxylation sites is 1. The van der Waals surface area contributed by atoms with E-state index in [9.17, 15) is 4.79 Å². The number of aromatic nitrogens is 1. The van der Waals surface area contributed by atoms with Crippen molar-refractivity contribution < 1.29 is 9.21 Å². The molecular formula is C16H14N2O2S.